The highest BCUT2D eigenvalue weighted by Crippen LogP contribution is 2.25. The minimum atomic E-state index is -1.04. The fourth-order valence-corrected chi connectivity index (χ4v) is 3.38. The minimum Gasteiger partial charge on any atom is -0.487 e. The number of amides is 1. The number of rotatable bonds is 7. The first-order valence-electron chi connectivity index (χ1n) is 10.8. The van der Waals surface area contributed by atoms with E-state index in [9.17, 15) is 27.2 Å². The van der Waals surface area contributed by atoms with Gasteiger partial charge < -0.3 is 14.8 Å². The molecule has 1 aromatic heterocycles. The van der Waals surface area contributed by atoms with Crippen LogP contribution in [0.1, 0.15) is 31.9 Å². The van der Waals surface area contributed by atoms with E-state index in [4.69, 9.17) is 21.1 Å². The van der Waals surface area contributed by atoms with Crippen molar-refractivity contribution in [1.29, 1.82) is 0 Å². The van der Waals surface area contributed by atoms with Crippen molar-refractivity contribution in [2.75, 3.05) is 6.61 Å². The molecule has 0 radical (unpaired) electrons. The molecule has 36 heavy (non-hydrogen) atoms. The smallest absolute Gasteiger partial charge is 0.407 e. The molecule has 1 heterocycles. The van der Waals surface area contributed by atoms with Crippen LogP contribution in [0.5, 0.6) is 5.75 Å². The molecule has 0 aliphatic carbocycles. The number of alkyl carbamates (subject to hydrolysis) is 1. The van der Waals surface area contributed by atoms with E-state index < -0.39 is 51.2 Å². The summed E-state index contributed by atoms with van der Waals surface area (Å²) in [5, 5.41) is 2.11. The van der Waals surface area contributed by atoms with Crippen molar-refractivity contribution >= 4 is 17.7 Å². The van der Waals surface area contributed by atoms with Crippen LogP contribution in [0.25, 0.3) is 5.69 Å². The number of hydrogen-bond acceptors (Lipinski definition) is 4. The van der Waals surface area contributed by atoms with E-state index in [1.165, 1.54) is 12.1 Å². The van der Waals surface area contributed by atoms with Gasteiger partial charge in [0, 0.05) is 29.8 Å². The van der Waals surface area contributed by atoms with Crippen LogP contribution in [-0.2, 0) is 17.8 Å². The second-order valence-electron chi connectivity index (χ2n) is 8.86. The van der Waals surface area contributed by atoms with E-state index in [1.54, 1.807) is 20.8 Å². The van der Waals surface area contributed by atoms with Crippen LogP contribution in [0.4, 0.5) is 22.4 Å². The number of pyridine rings is 1. The monoisotopic (exact) mass is 526 g/mol. The van der Waals surface area contributed by atoms with Gasteiger partial charge in [0.05, 0.1) is 6.61 Å². The standard InChI is InChI=1S/C25H23ClF4N2O4/c1-25(2,3)31-24(34)35-9-7-14-10-18(29)22(19(30)11-14)32-8-6-20(21(26)23(32)33)36-13-15-4-5-16(27)12-17(15)28/h4-6,8,10-12H,7,9,13H2,1-3H3,(H,31,34). The molecule has 0 bridgehead atoms. The predicted molar refractivity (Wildman–Crippen MR) is 126 cm³/mol. The van der Waals surface area contributed by atoms with Crippen molar-refractivity contribution in [3.8, 4) is 11.4 Å². The van der Waals surface area contributed by atoms with Crippen LogP contribution in [0.2, 0.25) is 5.02 Å². The summed E-state index contributed by atoms with van der Waals surface area (Å²) >= 11 is 6.05. The van der Waals surface area contributed by atoms with Crippen molar-refractivity contribution in [2.45, 2.75) is 39.3 Å². The SMILES string of the molecule is CC(C)(C)NC(=O)OCCc1cc(F)c(-n2ccc(OCc3ccc(F)cc3F)c(Cl)c2=O)c(F)c1. The van der Waals surface area contributed by atoms with Gasteiger partial charge in [-0.25, -0.2) is 22.4 Å². The highest BCUT2D eigenvalue weighted by Gasteiger charge is 2.19. The van der Waals surface area contributed by atoms with Gasteiger partial charge in [-0.15, -0.1) is 0 Å². The van der Waals surface area contributed by atoms with Gasteiger partial charge in [0.2, 0.25) is 0 Å². The van der Waals surface area contributed by atoms with Crippen LogP contribution in [-0.4, -0.2) is 22.8 Å². The first-order chi connectivity index (χ1) is 16.9. The summed E-state index contributed by atoms with van der Waals surface area (Å²) < 4.78 is 67.5. The fourth-order valence-electron chi connectivity index (χ4n) is 3.17. The summed E-state index contributed by atoms with van der Waals surface area (Å²) in [5.41, 5.74) is -1.90. The Morgan fingerprint density at radius 2 is 1.69 bits per heavy atom. The van der Waals surface area contributed by atoms with Crippen LogP contribution in [0.15, 0.2) is 47.4 Å². The maximum atomic E-state index is 14.8. The summed E-state index contributed by atoms with van der Waals surface area (Å²) in [6.07, 6.45) is 0.436. The van der Waals surface area contributed by atoms with Crippen molar-refractivity contribution in [3.63, 3.8) is 0 Å². The average molecular weight is 527 g/mol. The molecule has 3 rings (SSSR count). The Hall–Kier alpha value is -3.53. The van der Waals surface area contributed by atoms with Crippen molar-refractivity contribution in [2.24, 2.45) is 0 Å². The Labute approximate surface area is 209 Å². The number of nitrogens with one attached hydrogen (secondary N) is 1. The first-order valence-corrected chi connectivity index (χ1v) is 11.1. The van der Waals surface area contributed by atoms with Crippen molar-refractivity contribution in [1.82, 2.24) is 9.88 Å². The molecule has 0 saturated heterocycles. The number of halogens is 5. The Balaban J connectivity index is 1.74. The zero-order valence-electron chi connectivity index (χ0n) is 19.6. The van der Waals surface area contributed by atoms with E-state index in [2.05, 4.69) is 5.32 Å². The molecule has 6 nitrogen and oxygen atoms in total. The second-order valence-corrected chi connectivity index (χ2v) is 9.24. The van der Waals surface area contributed by atoms with E-state index in [1.807, 2.05) is 0 Å². The van der Waals surface area contributed by atoms with E-state index in [-0.39, 0.29) is 36.5 Å². The first kappa shape index (κ1) is 27.1. The molecule has 2 aromatic carbocycles. The third kappa shape index (κ3) is 6.78. The van der Waals surface area contributed by atoms with Crippen LogP contribution < -0.4 is 15.6 Å². The molecule has 0 fully saturated rings. The minimum absolute atomic E-state index is 0.0178. The molecule has 192 valence electrons. The maximum Gasteiger partial charge on any atom is 0.407 e. The van der Waals surface area contributed by atoms with Gasteiger partial charge >= 0.3 is 6.09 Å². The highest BCUT2D eigenvalue weighted by molar-refractivity contribution is 6.31. The number of carbonyl (C=O) groups is 1. The summed E-state index contributed by atoms with van der Waals surface area (Å²) in [7, 11) is 0. The van der Waals surface area contributed by atoms with Gasteiger partial charge in [-0.1, -0.05) is 11.6 Å². The summed E-state index contributed by atoms with van der Waals surface area (Å²) in [5.74, 6) is -3.83. The molecule has 0 saturated carbocycles. The molecule has 0 atom stereocenters. The fraction of sp³-hybridized carbons (Fsp3) is 0.280. The maximum absolute atomic E-state index is 14.8. The number of hydrogen-bond donors (Lipinski definition) is 1. The molecular formula is C25H23ClF4N2O4. The van der Waals surface area contributed by atoms with E-state index >= 15 is 0 Å². The van der Waals surface area contributed by atoms with Gasteiger partial charge in [-0.05, 0) is 56.7 Å². The van der Waals surface area contributed by atoms with Crippen LogP contribution in [0.3, 0.4) is 0 Å². The zero-order chi connectivity index (χ0) is 26.6. The van der Waals surface area contributed by atoms with Crippen molar-refractivity contribution in [3.05, 3.63) is 92.4 Å². The predicted octanol–water partition coefficient (Wildman–Crippen LogP) is 5.69. The quantitative estimate of drug-likeness (QED) is 0.401. The summed E-state index contributed by atoms with van der Waals surface area (Å²) in [4.78, 5) is 24.4. The van der Waals surface area contributed by atoms with Crippen LogP contribution >= 0.6 is 11.6 Å². The molecule has 0 aliphatic heterocycles. The molecule has 0 aliphatic rings. The van der Waals surface area contributed by atoms with Gasteiger partial charge in [-0.3, -0.25) is 9.36 Å². The average Bonchev–Trinajstić information content (AvgIpc) is 2.75. The molecule has 1 amide bonds. The van der Waals surface area contributed by atoms with Gasteiger partial charge in [0.1, 0.15) is 34.7 Å². The lowest BCUT2D eigenvalue weighted by Crippen LogP contribution is -2.41. The third-order valence-electron chi connectivity index (χ3n) is 4.81. The Morgan fingerprint density at radius 3 is 2.31 bits per heavy atom. The highest BCUT2D eigenvalue weighted by atomic mass is 35.5. The number of nitrogens with zero attached hydrogens (tertiary/aromatic N) is 1. The number of ether oxygens (including phenoxy) is 2. The second kappa shape index (κ2) is 11.0. The third-order valence-corrected chi connectivity index (χ3v) is 5.16. The lowest BCUT2D eigenvalue weighted by Gasteiger charge is -2.20. The molecule has 11 heteroatoms. The lowest BCUT2D eigenvalue weighted by molar-refractivity contribution is 0.139. The Kier molecular flexibility index (Phi) is 8.29. The van der Waals surface area contributed by atoms with Crippen molar-refractivity contribution < 1.29 is 31.8 Å². The van der Waals surface area contributed by atoms with Gasteiger partial charge in [0.25, 0.3) is 5.56 Å². The molecule has 0 unspecified atom stereocenters. The van der Waals surface area contributed by atoms with Gasteiger partial charge in [-0.2, -0.15) is 0 Å². The van der Waals surface area contributed by atoms with Crippen LogP contribution in [0, 0.1) is 23.3 Å². The molecule has 0 spiro atoms. The largest absolute Gasteiger partial charge is 0.487 e. The molecule has 3 aromatic rings. The Bertz CT molecular complexity index is 1320. The number of benzene rings is 2. The number of carbonyl (C=O) groups excluding carboxylic acids is 1. The van der Waals surface area contributed by atoms with E-state index in [0.717, 1.165) is 24.4 Å². The summed E-state index contributed by atoms with van der Waals surface area (Å²) in [6.45, 7) is 4.84. The topological polar surface area (TPSA) is 69.6 Å². The Morgan fingerprint density at radius 1 is 1.03 bits per heavy atom. The lowest BCUT2D eigenvalue weighted by atomic mass is 10.1. The zero-order valence-corrected chi connectivity index (χ0v) is 20.4. The summed E-state index contributed by atoms with van der Waals surface area (Å²) in [6, 6.07) is 6.13. The normalized spacial score (nSPS) is 11.3. The number of aromatic nitrogens is 1. The van der Waals surface area contributed by atoms with E-state index in [0.29, 0.717) is 10.6 Å². The molecule has 1 N–H and O–H groups in total. The molecular weight excluding hydrogens is 504 g/mol. The van der Waals surface area contributed by atoms with Gasteiger partial charge in [0.15, 0.2) is 11.6 Å².